The van der Waals surface area contributed by atoms with Crippen molar-refractivity contribution in [2.45, 2.75) is 19.9 Å². The minimum absolute atomic E-state index is 0.0294. The van der Waals surface area contributed by atoms with Gasteiger partial charge in [0.25, 0.3) is 11.1 Å². The lowest BCUT2D eigenvalue weighted by molar-refractivity contribution is -0.116. The Hall–Kier alpha value is -3.68. The van der Waals surface area contributed by atoms with E-state index in [2.05, 4.69) is 15.4 Å². The van der Waals surface area contributed by atoms with E-state index < -0.39 is 0 Å². The van der Waals surface area contributed by atoms with Crippen LogP contribution in [-0.2, 0) is 11.3 Å². The van der Waals surface area contributed by atoms with Crippen LogP contribution in [0.2, 0.25) is 0 Å². The summed E-state index contributed by atoms with van der Waals surface area (Å²) in [6, 6.07) is 11.8. The molecule has 0 spiro atoms. The smallest absolute Gasteiger partial charge is 0.273 e. The standard InChI is InChI=1S/C19H16N4O4/c1-11-20-15-7-6-12(10-16(15)27-11)21-17(24)8-9-23-19(26)14-5-3-2-4-13(14)18(25)22-23/h2-7,10H,8-9H2,1H3,(H,21,24)(H,22,25). The highest BCUT2D eigenvalue weighted by Crippen LogP contribution is 2.19. The van der Waals surface area contributed by atoms with Crippen molar-refractivity contribution in [2.75, 3.05) is 5.32 Å². The number of oxazole rings is 1. The summed E-state index contributed by atoms with van der Waals surface area (Å²) < 4.78 is 6.60. The molecule has 0 saturated carbocycles. The zero-order chi connectivity index (χ0) is 19.0. The van der Waals surface area contributed by atoms with Crippen LogP contribution in [0.15, 0.2) is 56.5 Å². The van der Waals surface area contributed by atoms with Gasteiger partial charge in [0.2, 0.25) is 5.91 Å². The number of aromatic amines is 1. The highest BCUT2D eigenvalue weighted by Gasteiger charge is 2.10. The number of rotatable bonds is 4. The fraction of sp³-hybridized carbons (Fsp3) is 0.158. The third kappa shape index (κ3) is 3.24. The van der Waals surface area contributed by atoms with Crippen molar-refractivity contribution >= 4 is 33.5 Å². The van der Waals surface area contributed by atoms with Crippen molar-refractivity contribution < 1.29 is 9.21 Å². The summed E-state index contributed by atoms with van der Waals surface area (Å²) in [6.45, 7) is 1.81. The van der Waals surface area contributed by atoms with E-state index in [-0.39, 0.29) is 30.0 Å². The molecule has 0 aliphatic heterocycles. The maximum Gasteiger partial charge on any atom is 0.273 e. The predicted octanol–water partition coefficient (Wildman–Crippen LogP) is 2.17. The van der Waals surface area contributed by atoms with Crippen molar-refractivity contribution in [1.29, 1.82) is 0 Å². The maximum atomic E-state index is 12.4. The number of aryl methyl sites for hydroxylation is 2. The number of benzene rings is 2. The number of fused-ring (bicyclic) bond motifs is 2. The Balaban J connectivity index is 1.50. The molecule has 2 heterocycles. The summed E-state index contributed by atoms with van der Waals surface area (Å²) in [4.78, 5) is 40.9. The van der Waals surface area contributed by atoms with E-state index in [0.29, 0.717) is 33.5 Å². The molecule has 0 unspecified atom stereocenters. The quantitative estimate of drug-likeness (QED) is 0.577. The molecule has 136 valence electrons. The average molecular weight is 364 g/mol. The van der Waals surface area contributed by atoms with Crippen molar-refractivity contribution in [1.82, 2.24) is 14.8 Å². The van der Waals surface area contributed by atoms with Crippen molar-refractivity contribution in [3.63, 3.8) is 0 Å². The van der Waals surface area contributed by atoms with Crippen LogP contribution in [0.25, 0.3) is 21.9 Å². The van der Waals surface area contributed by atoms with Crippen LogP contribution < -0.4 is 16.4 Å². The molecule has 4 rings (SSSR count). The number of aromatic nitrogens is 3. The second-order valence-corrected chi connectivity index (χ2v) is 6.16. The van der Waals surface area contributed by atoms with Crippen molar-refractivity contribution in [3.05, 3.63) is 69.1 Å². The Morgan fingerprint density at radius 2 is 1.96 bits per heavy atom. The first-order valence-electron chi connectivity index (χ1n) is 8.40. The molecule has 2 aromatic carbocycles. The summed E-state index contributed by atoms with van der Waals surface area (Å²) in [6.07, 6.45) is 0.0294. The van der Waals surface area contributed by atoms with Crippen LogP contribution >= 0.6 is 0 Å². The normalized spacial score (nSPS) is 11.1. The minimum atomic E-state index is -0.364. The highest BCUT2D eigenvalue weighted by atomic mass is 16.3. The first-order valence-corrected chi connectivity index (χ1v) is 8.40. The van der Waals surface area contributed by atoms with E-state index in [1.165, 1.54) is 0 Å². The van der Waals surface area contributed by atoms with Gasteiger partial charge in [-0.15, -0.1) is 0 Å². The van der Waals surface area contributed by atoms with Gasteiger partial charge >= 0.3 is 0 Å². The van der Waals surface area contributed by atoms with E-state index in [9.17, 15) is 14.4 Å². The van der Waals surface area contributed by atoms with Gasteiger partial charge in [-0.3, -0.25) is 19.5 Å². The van der Waals surface area contributed by atoms with Gasteiger partial charge in [0, 0.05) is 25.1 Å². The van der Waals surface area contributed by atoms with Gasteiger partial charge in [0.1, 0.15) is 5.52 Å². The van der Waals surface area contributed by atoms with Crippen LogP contribution in [0.5, 0.6) is 0 Å². The summed E-state index contributed by atoms with van der Waals surface area (Å²) in [5, 5.41) is 5.92. The summed E-state index contributed by atoms with van der Waals surface area (Å²) in [5.41, 5.74) is 1.17. The third-order valence-corrected chi connectivity index (χ3v) is 4.23. The largest absolute Gasteiger partial charge is 0.441 e. The number of amides is 1. The average Bonchev–Trinajstić information content (AvgIpc) is 3.03. The van der Waals surface area contributed by atoms with Gasteiger partial charge in [0.15, 0.2) is 11.5 Å². The molecule has 1 amide bonds. The zero-order valence-electron chi connectivity index (χ0n) is 14.5. The van der Waals surface area contributed by atoms with Crippen LogP contribution in [0.3, 0.4) is 0 Å². The van der Waals surface area contributed by atoms with Gasteiger partial charge in [0.05, 0.1) is 17.3 Å². The second-order valence-electron chi connectivity index (χ2n) is 6.16. The molecule has 0 atom stereocenters. The molecule has 0 aliphatic rings. The van der Waals surface area contributed by atoms with E-state index >= 15 is 0 Å². The molecule has 8 nitrogen and oxygen atoms in total. The molecular formula is C19H16N4O4. The fourth-order valence-electron chi connectivity index (χ4n) is 2.96. The highest BCUT2D eigenvalue weighted by molar-refractivity contribution is 5.92. The SMILES string of the molecule is Cc1nc2ccc(NC(=O)CCn3[nH]c(=O)c4ccccc4c3=O)cc2o1. The van der Waals surface area contributed by atoms with Gasteiger partial charge in [-0.25, -0.2) is 9.67 Å². The molecule has 4 aromatic rings. The molecule has 2 aromatic heterocycles. The summed E-state index contributed by atoms with van der Waals surface area (Å²) in [5.74, 6) is 0.264. The fourth-order valence-corrected chi connectivity index (χ4v) is 2.96. The summed E-state index contributed by atoms with van der Waals surface area (Å²) >= 11 is 0. The Kier molecular flexibility index (Phi) is 4.08. The molecule has 0 bridgehead atoms. The molecule has 0 radical (unpaired) electrons. The molecular weight excluding hydrogens is 348 g/mol. The van der Waals surface area contributed by atoms with Gasteiger partial charge < -0.3 is 9.73 Å². The van der Waals surface area contributed by atoms with E-state index in [0.717, 1.165) is 4.68 Å². The molecule has 0 aliphatic carbocycles. The third-order valence-electron chi connectivity index (χ3n) is 4.23. The molecule has 0 saturated heterocycles. The number of carbonyl (C=O) groups excluding carboxylic acids is 1. The van der Waals surface area contributed by atoms with Crippen LogP contribution in [-0.4, -0.2) is 20.7 Å². The number of H-pyrrole nitrogens is 1. The maximum absolute atomic E-state index is 12.4. The van der Waals surface area contributed by atoms with Gasteiger partial charge in [-0.1, -0.05) is 12.1 Å². The summed E-state index contributed by atoms with van der Waals surface area (Å²) in [7, 11) is 0. The predicted molar refractivity (Wildman–Crippen MR) is 101 cm³/mol. The molecule has 0 fully saturated rings. The lowest BCUT2D eigenvalue weighted by Gasteiger charge is -2.08. The minimum Gasteiger partial charge on any atom is -0.441 e. The van der Waals surface area contributed by atoms with E-state index in [1.54, 1.807) is 49.4 Å². The number of nitrogens with one attached hydrogen (secondary N) is 2. The Labute approximate surface area is 152 Å². The van der Waals surface area contributed by atoms with Crippen LogP contribution in [0.4, 0.5) is 5.69 Å². The number of carbonyl (C=O) groups is 1. The zero-order valence-corrected chi connectivity index (χ0v) is 14.5. The lowest BCUT2D eigenvalue weighted by Crippen LogP contribution is -2.31. The van der Waals surface area contributed by atoms with E-state index in [1.807, 2.05) is 0 Å². The number of nitrogens with zero attached hydrogens (tertiary/aromatic N) is 2. The Bertz CT molecular complexity index is 1280. The number of hydrogen-bond acceptors (Lipinski definition) is 5. The topological polar surface area (TPSA) is 110 Å². The number of hydrogen-bond donors (Lipinski definition) is 2. The second kappa shape index (κ2) is 6.56. The molecule has 8 heteroatoms. The van der Waals surface area contributed by atoms with Crippen molar-refractivity contribution in [2.24, 2.45) is 0 Å². The lowest BCUT2D eigenvalue weighted by atomic mass is 10.2. The van der Waals surface area contributed by atoms with Crippen LogP contribution in [0.1, 0.15) is 12.3 Å². The molecule has 2 N–H and O–H groups in total. The molecule has 27 heavy (non-hydrogen) atoms. The first kappa shape index (κ1) is 16.8. The number of anilines is 1. The monoisotopic (exact) mass is 364 g/mol. The van der Waals surface area contributed by atoms with E-state index in [4.69, 9.17) is 4.42 Å². The first-order chi connectivity index (χ1) is 13.0. The van der Waals surface area contributed by atoms with Gasteiger partial charge in [-0.05, 0) is 24.3 Å². The Morgan fingerprint density at radius 1 is 1.19 bits per heavy atom. The van der Waals surface area contributed by atoms with Crippen molar-refractivity contribution in [3.8, 4) is 0 Å². The van der Waals surface area contributed by atoms with Gasteiger partial charge in [-0.2, -0.15) is 0 Å². The van der Waals surface area contributed by atoms with Crippen LogP contribution in [0, 0.1) is 6.92 Å². The Morgan fingerprint density at radius 3 is 2.78 bits per heavy atom.